The van der Waals surface area contributed by atoms with Gasteiger partial charge in [0.1, 0.15) is 0 Å². The summed E-state index contributed by atoms with van der Waals surface area (Å²) in [6, 6.07) is 0. The van der Waals surface area contributed by atoms with Gasteiger partial charge >= 0.3 is 105 Å². The van der Waals surface area contributed by atoms with E-state index in [1.807, 2.05) is 0 Å². The summed E-state index contributed by atoms with van der Waals surface area (Å²) in [7, 11) is 6.37. The molecular formula is C13H15ClTi. The summed E-state index contributed by atoms with van der Waals surface area (Å²) in [5.74, 6) is 0. The van der Waals surface area contributed by atoms with Gasteiger partial charge in [-0.25, -0.2) is 0 Å². The summed E-state index contributed by atoms with van der Waals surface area (Å²) in [6.07, 6.45) is 16.7. The number of halogens is 1. The summed E-state index contributed by atoms with van der Waals surface area (Å²) in [5.41, 5.74) is 3.07. The van der Waals surface area contributed by atoms with Crippen LogP contribution in [-0.4, -0.2) is 0 Å². The second-order valence-corrected chi connectivity index (χ2v) is 6.41. The zero-order chi connectivity index (χ0) is 10.7. The molecule has 0 atom stereocenters. The van der Waals surface area contributed by atoms with Crippen molar-refractivity contribution >= 4 is 9.30 Å². The Bertz CT molecular complexity index is 325. The molecule has 2 aliphatic carbocycles. The van der Waals surface area contributed by atoms with E-state index in [2.05, 4.69) is 43.4 Å². The van der Waals surface area contributed by atoms with Gasteiger partial charge in [0.05, 0.1) is 0 Å². The van der Waals surface area contributed by atoms with Crippen molar-refractivity contribution in [2.45, 2.75) is 29.9 Å². The normalized spacial score (nSPS) is 19.3. The van der Waals surface area contributed by atoms with Crippen LogP contribution in [0, 0.1) is 0 Å². The molecule has 0 aromatic carbocycles. The molecule has 0 aromatic heterocycles. The molecule has 0 aromatic rings. The van der Waals surface area contributed by atoms with Gasteiger partial charge in [0.2, 0.25) is 0 Å². The first-order chi connectivity index (χ1) is 7.33. The molecule has 0 amide bonds. The average molecular weight is 255 g/mol. The molecule has 0 saturated heterocycles. The molecule has 2 rings (SSSR count). The quantitative estimate of drug-likeness (QED) is 0.645. The molecule has 0 bridgehead atoms. The molecule has 0 N–H and O–H groups in total. The van der Waals surface area contributed by atoms with E-state index in [1.54, 1.807) is 0 Å². The van der Waals surface area contributed by atoms with E-state index in [1.165, 1.54) is 11.1 Å². The molecule has 0 nitrogen and oxygen atoms in total. The van der Waals surface area contributed by atoms with Crippen LogP contribution in [0.2, 0.25) is 3.72 Å². The third kappa shape index (κ3) is 1.96. The molecule has 0 fully saturated rings. The molecule has 0 spiro atoms. The van der Waals surface area contributed by atoms with Crippen LogP contribution in [0.4, 0.5) is 0 Å². The Balaban J connectivity index is 2.31. The first kappa shape index (κ1) is 11.4. The monoisotopic (exact) mass is 254 g/mol. The van der Waals surface area contributed by atoms with Crippen LogP contribution in [0.25, 0.3) is 0 Å². The predicted octanol–water partition coefficient (Wildman–Crippen LogP) is 4.56. The molecule has 2 aliphatic rings. The molecule has 0 unspecified atom stereocenters. The first-order valence-corrected chi connectivity index (χ1v) is 8.36. The van der Waals surface area contributed by atoms with Gasteiger partial charge in [-0.3, -0.25) is 0 Å². The van der Waals surface area contributed by atoms with Gasteiger partial charge in [-0.05, 0) is 0 Å². The Hall–Kier alpha value is -0.0357. The summed E-state index contributed by atoms with van der Waals surface area (Å²) in [6.45, 7) is 2.27. The maximum atomic E-state index is 6.37. The van der Waals surface area contributed by atoms with E-state index in [-0.39, 0.29) is 3.72 Å². The summed E-state index contributed by atoms with van der Waals surface area (Å²) in [4.78, 5) is 0. The molecule has 0 aliphatic heterocycles. The Labute approximate surface area is 105 Å². The van der Waals surface area contributed by atoms with Crippen molar-refractivity contribution in [3.05, 3.63) is 47.6 Å². The molecule has 15 heavy (non-hydrogen) atoms. The zero-order valence-corrected chi connectivity index (χ0v) is 11.3. The van der Waals surface area contributed by atoms with Crippen molar-refractivity contribution in [1.29, 1.82) is 0 Å². The molecule has 2 heteroatoms. The van der Waals surface area contributed by atoms with E-state index in [4.69, 9.17) is 9.30 Å². The molecule has 0 heterocycles. The van der Waals surface area contributed by atoms with Crippen molar-refractivity contribution < 1.29 is 18.1 Å². The van der Waals surface area contributed by atoms with Crippen molar-refractivity contribution in [2.75, 3.05) is 0 Å². The van der Waals surface area contributed by atoms with Gasteiger partial charge in [-0.15, -0.1) is 0 Å². The Kier molecular flexibility index (Phi) is 3.71. The first-order valence-electron chi connectivity index (χ1n) is 5.43. The van der Waals surface area contributed by atoms with Crippen LogP contribution in [0.1, 0.15) is 26.2 Å². The van der Waals surface area contributed by atoms with Crippen LogP contribution in [0.15, 0.2) is 47.6 Å². The van der Waals surface area contributed by atoms with E-state index >= 15 is 0 Å². The fourth-order valence-corrected chi connectivity index (χ4v) is 5.09. The number of hydrogen-bond donors (Lipinski definition) is 0. The summed E-state index contributed by atoms with van der Waals surface area (Å²) in [5, 5.41) is 0. The number of rotatable bonds is 4. The SMILES string of the molecule is CC[C]([Ti][Cl])(C1=CC=CC1)C1=CC=CC1. The van der Waals surface area contributed by atoms with Gasteiger partial charge in [0, 0.05) is 0 Å². The zero-order valence-electron chi connectivity index (χ0n) is 8.96. The number of hydrogen-bond acceptors (Lipinski definition) is 0. The minimum atomic E-state index is -0.454. The van der Waals surface area contributed by atoms with Crippen molar-refractivity contribution in [3.8, 4) is 0 Å². The standard InChI is InChI=1S/C13H15.ClH.Ti/c1-2-13(11-7-3-4-8-11)12-9-5-6-10-12;;/h3-7,9H,2,8,10H2,1H3;1H;/q;;+1/p-1. The molecule has 0 saturated carbocycles. The minimum absolute atomic E-state index is 0.231. The van der Waals surface area contributed by atoms with Crippen LogP contribution in [-0.2, 0) is 18.1 Å². The third-order valence-corrected chi connectivity index (χ3v) is 6.72. The predicted molar refractivity (Wildman–Crippen MR) is 62.5 cm³/mol. The van der Waals surface area contributed by atoms with Crippen LogP contribution < -0.4 is 0 Å². The maximum absolute atomic E-state index is 6.37. The fraction of sp³-hybridized carbons (Fsp3) is 0.385. The Morgan fingerprint density at radius 3 is 2.00 bits per heavy atom. The molecule has 0 radical (unpaired) electrons. The van der Waals surface area contributed by atoms with E-state index in [0.29, 0.717) is 0 Å². The van der Waals surface area contributed by atoms with E-state index in [0.717, 1.165) is 19.3 Å². The number of allylic oxidation sites excluding steroid dienone is 8. The Morgan fingerprint density at radius 1 is 1.20 bits per heavy atom. The van der Waals surface area contributed by atoms with E-state index in [9.17, 15) is 0 Å². The molecule has 78 valence electrons. The van der Waals surface area contributed by atoms with Gasteiger partial charge in [-0.2, -0.15) is 0 Å². The summed E-state index contributed by atoms with van der Waals surface area (Å²) < 4.78 is 0.231. The third-order valence-electron chi connectivity index (χ3n) is 3.33. The van der Waals surface area contributed by atoms with Crippen LogP contribution >= 0.6 is 9.30 Å². The Morgan fingerprint density at radius 2 is 1.73 bits per heavy atom. The van der Waals surface area contributed by atoms with Gasteiger partial charge in [0.25, 0.3) is 0 Å². The average Bonchev–Trinajstić information content (AvgIpc) is 2.92. The van der Waals surface area contributed by atoms with Crippen LogP contribution in [0.5, 0.6) is 0 Å². The van der Waals surface area contributed by atoms with Gasteiger partial charge < -0.3 is 0 Å². The van der Waals surface area contributed by atoms with Crippen LogP contribution in [0.3, 0.4) is 0 Å². The second-order valence-electron chi connectivity index (χ2n) is 4.00. The van der Waals surface area contributed by atoms with Crippen molar-refractivity contribution in [3.63, 3.8) is 0 Å². The summed E-state index contributed by atoms with van der Waals surface area (Å²) >= 11 is -0.454. The fourth-order valence-electron chi connectivity index (χ4n) is 2.38. The van der Waals surface area contributed by atoms with Gasteiger partial charge in [-0.1, -0.05) is 0 Å². The van der Waals surface area contributed by atoms with E-state index < -0.39 is 18.1 Å². The topological polar surface area (TPSA) is 0 Å². The molecular weight excluding hydrogens is 239 g/mol. The van der Waals surface area contributed by atoms with Crippen molar-refractivity contribution in [1.82, 2.24) is 0 Å². The van der Waals surface area contributed by atoms with Gasteiger partial charge in [0.15, 0.2) is 0 Å². The van der Waals surface area contributed by atoms with Crippen molar-refractivity contribution in [2.24, 2.45) is 0 Å². The second kappa shape index (κ2) is 4.86.